The van der Waals surface area contributed by atoms with Gasteiger partial charge >= 0.3 is 24.5 Å². The van der Waals surface area contributed by atoms with Crippen LogP contribution in [0.25, 0.3) is 0 Å². The lowest BCUT2D eigenvalue weighted by molar-refractivity contribution is -0.193. The maximum Gasteiger partial charge on any atom is 0.410 e. The van der Waals surface area contributed by atoms with E-state index in [1.54, 1.807) is 9.80 Å². The van der Waals surface area contributed by atoms with Crippen LogP contribution in [0.2, 0.25) is 0 Å². The van der Waals surface area contributed by atoms with E-state index in [4.69, 9.17) is 28.7 Å². The lowest BCUT2D eigenvalue weighted by atomic mass is 10.1. The van der Waals surface area contributed by atoms with Gasteiger partial charge < -0.3 is 19.7 Å². The summed E-state index contributed by atoms with van der Waals surface area (Å²) >= 11 is 0. The molecule has 2 saturated heterocycles. The largest absolute Gasteiger partial charge is 0.444 e. The molecule has 0 aromatic carbocycles. The van der Waals surface area contributed by atoms with Gasteiger partial charge in [-0.05, 0) is 80.1 Å². The van der Waals surface area contributed by atoms with E-state index in [2.05, 4.69) is 13.8 Å². The highest BCUT2D eigenvalue weighted by molar-refractivity contribution is 5.70. The molecule has 0 radical (unpaired) electrons. The van der Waals surface area contributed by atoms with Crippen LogP contribution in [0.1, 0.15) is 93.9 Å². The monoisotopic (exact) mass is 546 g/mol. The van der Waals surface area contributed by atoms with Gasteiger partial charge in [0.25, 0.3) is 0 Å². The smallest absolute Gasteiger partial charge is 0.410 e. The molecule has 4 atom stereocenters. The number of hydrogen-bond acceptors (Lipinski definition) is 10. The molecule has 0 aliphatic carbocycles. The fourth-order valence-corrected chi connectivity index (χ4v) is 4.31. The van der Waals surface area contributed by atoms with Crippen LogP contribution in [0.15, 0.2) is 0 Å². The first-order chi connectivity index (χ1) is 17.6. The number of carbonyl (C=O) groups is 2. The van der Waals surface area contributed by atoms with Gasteiger partial charge in [0.2, 0.25) is 0 Å². The SMILES string of the molecule is CC[C@@H]1CC[C@H](CO)N1C(=O)OC(C)(C)C.CC[C@H]1CC[C@@H](CO)N1C(=O)OC(C)(C)C.O=C=O.O=C=O. The van der Waals surface area contributed by atoms with Gasteiger partial charge in [0, 0.05) is 12.1 Å². The standard InChI is InChI=1S/2C12H23NO3.2CO2/c2*1-5-9-6-7-10(8-14)13(9)11(15)16-12(2,3)4;2*2-1-3/h2*9-10,14H,5-8H2,1-4H3;;/t2*9-,10-;;/m10../s1. The summed E-state index contributed by atoms with van der Waals surface area (Å²) in [6, 6.07) is 0.290. The Hall–Kier alpha value is -2.78. The van der Waals surface area contributed by atoms with E-state index in [-0.39, 0.29) is 61.9 Å². The van der Waals surface area contributed by atoms with Crippen molar-refractivity contribution in [3.63, 3.8) is 0 Å². The number of aliphatic hydroxyl groups is 2. The molecular formula is C26H46N2O10. The molecule has 38 heavy (non-hydrogen) atoms. The van der Waals surface area contributed by atoms with Crippen LogP contribution in [0.3, 0.4) is 0 Å². The van der Waals surface area contributed by atoms with E-state index in [0.29, 0.717) is 0 Å². The van der Waals surface area contributed by atoms with Crippen molar-refractivity contribution in [2.75, 3.05) is 13.2 Å². The van der Waals surface area contributed by atoms with Crippen LogP contribution in [-0.2, 0) is 28.7 Å². The highest BCUT2D eigenvalue weighted by Gasteiger charge is 2.38. The molecule has 0 aromatic heterocycles. The van der Waals surface area contributed by atoms with Crippen LogP contribution in [-0.4, -0.2) is 93.1 Å². The second-order valence-electron chi connectivity index (χ2n) is 10.9. The Morgan fingerprint density at radius 1 is 0.658 bits per heavy atom. The normalized spacial score (nSPS) is 22.3. The fourth-order valence-electron chi connectivity index (χ4n) is 4.31. The van der Waals surface area contributed by atoms with Gasteiger partial charge in [-0.3, -0.25) is 9.80 Å². The zero-order valence-corrected chi connectivity index (χ0v) is 24.0. The second-order valence-corrected chi connectivity index (χ2v) is 10.9. The summed E-state index contributed by atoms with van der Waals surface area (Å²) in [5.41, 5.74) is -0.948. The van der Waals surface area contributed by atoms with Gasteiger partial charge in [-0.15, -0.1) is 0 Å². The van der Waals surface area contributed by atoms with Crippen molar-refractivity contribution in [2.24, 2.45) is 0 Å². The Morgan fingerprint density at radius 3 is 1.08 bits per heavy atom. The van der Waals surface area contributed by atoms with Gasteiger partial charge in [-0.2, -0.15) is 19.2 Å². The Bertz CT molecular complexity index is 675. The molecule has 2 aliphatic rings. The molecule has 2 rings (SSSR count). The lowest BCUT2D eigenvalue weighted by Gasteiger charge is -2.31. The number of rotatable bonds is 4. The van der Waals surface area contributed by atoms with Crippen molar-refractivity contribution in [3.05, 3.63) is 0 Å². The summed E-state index contributed by atoms with van der Waals surface area (Å²) in [4.78, 5) is 59.9. The summed E-state index contributed by atoms with van der Waals surface area (Å²) in [5.74, 6) is 0. The van der Waals surface area contributed by atoms with Crippen LogP contribution >= 0.6 is 0 Å². The molecule has 220 valence electrons. The minimum Gasteiger partial charge on any atom is -0.444 e. The molecule has 0 bridgehead atoms. The van der Waals surface area contributed by atoms with Gasteiger partial charge in [-0.25, -0.2) is 9.59 Å². The number of amides is 2. The zero-order chi connectivity index (χ0) is 30.1. The third-order valence-electron chi connectivity index (χ3n) is 5.81. The van der Waals surface area contributed by atoms with Crippen LogP contribution in [0.5, 0.6) is 0 Å². The summed E-state index contributed by atoms with van der Waals surface area (Å²) in [5, 5.41) is 18.5. The average molecular weight is 547 g/mol. The van der Waals surface area contributed by atoms with Gasteiger partial charge in [-0.1, -0.05) is 13.8 Å². The highest BCUT2D eigenvalue weighted by Crippen LogP contribution is 2.29. The third kappa shape index (κ3) is 14.2. The molecule has 0 unspecified atom stereocenters. The third-order valence-corrected chi connectivity index (χ3v) is 5.81. The van der Waals surface area contributed by atoms with E-state index < -0.39 is 11.2 Å². The minimum atomic E-state index is -0.474. The predicted octanol–water partition coefficient (Wildman–Crippen LogP) is 3.15. The van der Waals surface area contributed by atoms with Crippen molar-refractivity contribution in [1.29, 1.82) is 0 Å². The molecule has 2 heterocycles. The van der Waals surface area contributed by atoms with E-state index >= 15 is 0 Å². The predicted molar refractivity (Wildman–Crippen MR) is 135 cm³/mol. The Kier molecular flexibility index (Phi) is 18.2. The van der Waals surface area contributed by atoms with Crippen molar-refractivity contribution in [1.82, 2.24) is 9.80 Å². The lowest BCUT2D eigenvalue weighted by Crippen LogP contribution is -2.45. The Morgan fingerprint density at radius 2 is 0.895 bits per heavy atom. The van der Waals surface area contributed by atoms with Crippen molar-refractivity contribution < 1.29 is 48.5 Å². The van der Waals surface area contributed by atoms with E-state index in [1.165, 1.54) is 0 Å². The average Bonchev–Trinajstić information content (AvgIpc) is 3.41. The quantitative estimate of drug-likeness (QED) is 0.534. The number of hydrogen-bond donors (Lipinski definition) is 2. The number of carbonyl (C=O) groups excluding carboxylic acids is 6. The molecular weight excluding hydrogens is 500 g/mol. The molecule has 0 aromatic rings. The molecule has 2 aliphatic heterocycles. The number of aliphatic hydroxyl groups excluding tert-OH is 2. The summed E-state index contributed by atoms with van der Waals surface area (Å²) in [6.45, 7) is 15.3. The summed E-state index contributed by atoms with van der Waals surface area (Å²) in [6.07, 6.45) is 5.39. The van der Waals surface area contributed by atoms with Crippen molar-refractivity contribution >= 4 is 24.5 Å². The van der Waals surface area contributed by atoms with Crippen LogP contribution < -0.4 is 0 Å². The molecule has 0 saturated carbocycles. The van der Waals surface area contributed by atoms with E-state index in [0.717, 1.165) is 38.5 Å². The second kappa shape index (κ2) is 18.5. The maximum absolute atomic E-state index is 12.0. The maximum atomic E-state index is 12.0. The molecule has 2 N–H and O–H groups in total. The van der Waals surface area contributed by atoms with E-state index in [9.17, 15) is 19.8 Å². The minimum absolute atomic E-state index is 0.0236. The van der Waals surface area contributed by atoms with Crippen molar-refractivity contribution in [2.45, 2.75) is 129 Å². The molecule has 0 spiro atoms. The topological polar surface area (TPSA) is 168 Å². The molecule has 12 heteroatoms. The zero-order valence-electron chi connectivity index (χ0n) is 24.0. The first-order valence-corrected chi connectivity index (χ1v) is 12.8. The first-order valence-electron chi connectivity index (χ1n) is 12.8. The van der Waals surface area contributed by atoms with Crippen molar-refractivity contribution in [3.8, 4) is 0 Å². The van der Waals surface area contributed by atoms with E-state index in [1.807, 2.05) is 41.5 Å². The van der Waals surface area contributed by atoms with Crippen LogP contribution in [0.4, 0.5) is 9.59 Å². The molecule has 2 amide bonds. The van der Waals surface area contributed by atoms with Crippen LogP contribution in [0, 0.1) is 0 Å². The number of likely N-dealkylation sites (tertiary alicyclic amines) is 2. The number of nitrogens with zero attached hydrogens (tertiary/aromatic N) is 2. The van der Waals surface area contributed by atoms with Gasteiger partial charge in [0.05, 0.1) is 25.3 Å². The summed E-state index contributed by atoms with van der Waals surface area (Å²) < 4.78 is 10.7. The highest BCUT2D eigenvalue weighted by atomic mass is 16.6. The Balaban J connectivity index is 0. The Labute approximate surface area is 225 Å². The molecule has 12 nitrogen and oxygen atoms in total. The fraction of sp³-hybridized carbons (Fsp3) is 0.846. The summed E-state index contributed by atoms with van der Waals surface area (Å²) in [7, 11) is 0. The first kappa shape index (κ1) is 37.4. The molecule has 2 fully saturated rings. The van der Waals surface area contributed by atoms with Gasteiger partial charge in [0.1, 0.15) is 11.2 Å². The van der Waals surface area contributed by atoms with Gasteiger partial charge in [0.15, 0.2) is 0 Å². The number of ether oxygens (including phenoxy) is 2.